The van der Waals surface area contributed by atoms with E-state index in [4.69, 9.17) is 21.1 Å². The Balaban J connectivity index is 1.39. The molecule has 1 fully saturated rings. The minimum Gasteiger partial charge on any atom is -0.490 e. The predicted molar refractivity (Wildman–Crippen MR) is 138 cm³/mol. The SMILES string of the molecule is CCOc1cc(CNc2ccc(N3CCCCC3)c(Cl)c2)ccc1OCc1cccc(C)c1. The molecule has 5 heteroatoms. The van der Waals surface area contributed by atoms with Crippen molar-refractivity contribution >= 4 is 23.0 Å². The minimum atomic E-state index is 0.515. The van der Waals surface area contributed by atoms with Gasteiger partial charge in [0.15, 0.2) is 11.5 Å². The number of rotatable bonds is 9. The van der Waals surface area contributed by atoms with Crippen molar-refractivity contribution in [3.05, 3.63) is 82.4 Å². The highest BCUT2D eigenvalue weighted by molar-refractivity contribution is 6.33. The summed E-state index contributed by atoms with van der Waals surface area (Å²) in [4.78, 5) is 2.39. The van der Waals surface area contributed by atoms with E-state index in [9.17, 15) is 0 Å². The van der Waals surface area contributed by atoms with Crippen molar-refractivity contribution in [1.82, 2.24) is 0 Å². The first-order valence-corrected chi connectivity index (χ1v) is 12.2. The van der Waals surface area contributed by atoms with Gasteiger partial charge in [0.05, 0.1) is 17.3 Å². The molecule has 0 aliphatic carbocycles. The maximum atomic E-state index is 6.61. The van der Waals surface area contributed by atoms with E-state index in [1.165, 1.54) is 24.8 Å². The van der Waals surface area contributed by atoms with Gasteiger partial charge in [-0.3, -0.25) is 0 Å². The number of ether oxygens (including phenoxy) is 2. The second-order valence-corrected chi connectivity index (χ2v) is 8.97. The molecule has 0 aromatic heterocycles. The highest BCUT2D eigenvalue weighted by Crippen LogP contribution is 2.32. The first kappa shape index (κ1) is 23.3. The number of nitrogens with one attached hydrogen (secondary N) is 1. The van der Waals surface area contributed by atoms with Crippen LogP contribution in [0, 0.1) is 6.92 Å². The summed E-state index contributed by atoms with van der Waals surface area (Å²) in [6.07, 6.45) is 3.79. The van der Waals surface area contributed by atoms with E-state index in [0.717, 1.165) is 52.1 Å². The van der Waals surface area contributed by atoms with Gasteiger partial charge in [0.2, 0.25) is 0 Å². The Labute approximate surface area is 202 Å². The van der Waals surface area contributed by atoms with Crippen LogP contribution in [0.25, 0.3) is 0 Å². The molecule has 0 amide bonds. The number of anilines is 2. The zero-order valence-electron chi connectivity index (χ0n) is 19.6. The predicted octanol–water partition coefficient (Wildman–Crippen LogP) is 7.23. The Morgan fingerprint density at radius 2 is 1.73 bits per heavy atom. The van der Waals surface area contributed by atoms with Gasteiger partial charge in [-0.15, -0.1) is 0 Å². The van der Waals surface area contributed by atoms with Crippen LogP contribution in [0.5, 0.6) is 11.5 Å². The molecule has 1 saturated heterocycles. The average Bonchev–Trinajstić information content (AvgIpc) is 2.83. The van der Waals surface area contributed by atoms with Gasteiger partial charge in [0.1, 0.15) is 6.61 Å². The Kier molecular flexibility index (Phi) is 8.01. The molecule has 1 aliphatic rings. The molecular weight excluding hydrogens is 432 g/mol. The Hall–Kier alpha value is -2.85. The molecule has 0 bridgehead atoms. The molecule has 4 nitrogen and oxygen atoms in total. The van der Waals surface area contributed by atoms with Gasteiger partial charge in [0.25, 0.3) is 0 Å². The van der Waals surface area contributed by atoms with Crippen molar-refractivity contribution in [2.45, 2.75) is 46.3 Å². The van der Waals surface area contributed by atoms with Crippen LogP contribution in [0.3, 0.4) is 0 Å². The van der Waals surface area contributed by atoms with Crippen LogP contribution in [0.1, 0.15) is 42.9 Å². The molecule has 0 saturated carbocycles. The number of halogens is 1. The minimum absolute atomic E-state index is 0.515. The normalized spacial score (nSPS) is 13.6. The smallest absolute Gasteiger partial charge is 0.161 e. The third-order valence-electron chi connectivity index (χ3n) is 5.93. The Morgan fingerprint density at radius 1 is 0.879 bits per heavy atom. The van der Waals surface area contributed by atoms with Crippen molar-refractivity contribution in [2.24, 2.45) is 0 Å². The van der Waals surface area contributed by atoms with Gasteiger partial charge < -0.3 is 19.7 Å². The van der Waals surface area contributed by atoms with Crippen molar-refractivity contribution in [2.75, 3.05) is 29.9 Å². The lowest BCUT2D eigenvalue weighted by Gasteiger charge is -2.29. The molecule has 174 valence electrons. The van der Waals surface area contributed by atoms with Crippen molar-refractivity contribution in [3.8, 4) is 11.5 Å². The summed E-state index contributed by atoms with van der Waals surface area (Å²) in [5.74, 6) is 1.53. The molecule has 0 atom stereocenters. The van der Waals surface area contributed by atoms with Gasteiger partial charge in [-0.05, 0) is 74.6 Å². The van der Waals surface area contributed by atoms with Gasteiger partial charge in [-0.25, -0.2) is 0 Å². The lowest BCUT2D eigenvalue weighted by atomic mass is 10.1. The van der Waals surface area contributed by atoms with Gasteiger partial charge >= 0.3 is 0 Å². The zero-order valence-corrected chi connectivity index (χ0v) is 20.3. The van der Waals surface area contributed by atoms with Gasteiger partial charge in [-0.1, -0.05) is 47.5 Å². The first-order valence-electron chi connectivity index (χ1n) is 11.8. The molecule has 3 aromatic carbocycles. The molecule has 0 radical (unpaired) electrons. The van der Waals surface area contributed by atoms with Crippen LogP contribution in [0.2, 0.25) is 5.02 Å². The summed E-state index contributed by atoms with van der Waals surface area (Å²) in [5.41, 5.74) is 5.64. The monoisotopic (exact) mass is 464 g/mol. The fourth-order valence-corrected chi connectivity index (χ4v) is 4.53. The standard InChI is InChI=1S/C28H33ClN2O2/c1-3-32-28-17-22(10-13-27(28)33-20-23-9-7-8-21(2)16-23)19-30-24-11-12-26(25(29)18-24)31-14-5-4-6-15-31/h7-13,16-18,30H,3-6,14-15,19-20H2,1-2H3. The quantitative estimate of drug-likeness (QED) is 0.362. The number of benzene rings is 3. The highest BCUT2D eigenvalue weighted by atomic mass is 35.5. The Morgan fingerprint density at radius 3 is 2.48 bits per heavy atom. The Bertz CT molecular complexity index is 1060. The average molecular weight is 465 g/mol. The largest absolute Gasteiger partial charge is 0.490 e. The van der Waals surface area contributed by atoms with Crippen molar-refractivity contribution < 1.29 is 9.47 Å². The second kappa shape index (κ2) is 11.3. The topological polar surface area (TPSA) is 33.7 Å². The molecule has 1 N–H and O–H groups in total. The molecule has 1 heterocycles. The number of nitrogens with zero attached hydrogens (tertiary/aromatic N) is 1. The zero-order chi connectivity index (χ0) is 23.0. The van der Waals surface area contributed by atoms with Crippen LogP contribution >= 0.6 is 11.6 Å². The van der Waals surface area contributed by atoms with Crippen molar-refractivity contribution in [3.63, 3.8) is 0 Å². The van der Waals surface area contributed by atoms with Crippen LogP contribution in [0.15, 0.2) is 60.7 Å². The number of hydrogen-bond donors (Lipinski definition) is 1. The number of piperidine rings is 1. The molecule has 33 heavy (non-hydrogen) atoms. The van der Waals surface area contributed by atoms with E-state index in [0.29, 0.717) is 19.8 Å². The maximum Gasteiger partial charge on any atom is 0.161 e. The fourth-order valence-electron chi connectivity index (χ4n) is 4.23. The van der Waals surface area contributed by atoms with Gasteiger partial charge in [-0.2, -0.15) is 0 Å². The van der Waals surface area contributed by atoms with Crippen molar-refractivity contribution in [1.29, 1.82) is 0 Å². The molecule has 0 unspecified atom stereocenters. The molecule has 4 rings (SSSR count). The maximum absolute atomic E-state index is 6.61. The molecule has 1 aliphatic heterocycles. The lowest BCUT2D eigenvalue weighted by Crippen LogP contribution is -2.29. The first-order chi connectivity index (χ1) is 16.1. The van der Waals surface area contributed by atoms with E-state index < -0.39 is 0 Å². The summed E-state index contributed by atoms with van der Waals surface area (Å²) >= 11 is 6.61. The summed E-state index contributed by atoms with van der Waals surface area (Å²) in [6.45, 7) is 8.03. The highest BCUT2D eigenvalue weighted by Gasteiger charge is 2.14. The van der Waals surface area contributed by atoms with Gasteiger partial charge in [0, 0.05) is 25.3 Å². The number of hydrogen-bond acceptors (Lipinski definition) is 4. The third kappa shape index (κ3) is 6.35. The molecular formula is C28H33ClN2O2. The summed E-state index contributed by atoms with van der Waals surface area (Å²) in [5, 5.41) is 4.29. The van der Waals surface area contributed by atoms with Crippen LogP contribution < -0.4 is 19.7 Å². The molecule has 3 aromatic rings. The summed E-state index contributed by atoms with van der Waals surface area (Å²) < 4.78 is 11.9. The summed E-state index contributed by atoms with van der Waals surface area (Å²) in [7, 11) is 0. The van der Waals surface area contributed by atoms with E-state index in [2.05, 4.69) is 59.6 Å². The van der Waals surface area contributed by atoms with Crippen LogP contribution in [-0.4, -0.2) is 19.7 Å². The van der Waals surface area contributed by atoms with Crippen LogP contribution in [-0.2, 0) is 13.2 Å². The van der Waals surface area contributed by atoms with E-state index in [1.807, 2.05) is 25.1 Å². The molecule has 0 spiro atoms. The number of aryl methyl sites for hydroxylation is 1. The fraction of sp³-hybridized carbons (Fsp3) is 0.357. The van der Waals surface area contributed by atoms with E-state index in [-0.39, 0.29) is 0 Å². The van der Waals surface area contributed by atoms with E-state index >= 15 is 0 Å². The second-order valence-electron chi connectivity index (χ2n) is 8.56. The van der Waals surface area contributed by atoms with E-state index in [1.54, 1.807) is 0 Å². The summed E-state index contributed by atoms with van der Waals surface area (Å²) in [6, 6.07) is 20.7. The third-order valence-corrected chi connectivity index (χ3v) is 6.23. The van der Waals surface area contributed by atoms with Crippen LogP contribution in [0.4, 0.5) is 11.4 Å². The lowest BCUT2D eigenvalue weighted by molar-refractivity contribution is 0.269.